The van der Waals surface area contributed by atoms with E-state index in [9.17, 15) is 19.5 Å². The Balaban J connectivity index is 1.28. The number of nitrogens with zero attached hydrogens (tertiary/aromatic N) is 2. The molecule has 2 aromatic carbocycles. The normalized spacial score (nSPS) is 18.9. The summed E-state index contributed by atoms with van der Waals surface area (Å²) in [5.74, 6) is -0.848. The van der Waals surface area contributed by atoms with E-state index >= 15 is 0 Å². The molecule has 1 saturated heterocycles. The van der Waals surface area contributed by atoms with Crippen LogP contribution in [0, 0.1) is 11.3 Å². The standard InChI is InChI=1S/C31H38N2O6/c1-30(2,3)39-29(37)33-18-21(31(20-33)14-15-31)17-32(16-8-13-27(34)35)28(36)38-19-26-24-11-6-4-9-22(24)23-10-5-7-12-25(23)26/h4-7,9-12,21,26H,8,13-20H2,1-3H3,(H,34,35). The number of hydrogen-bond acceptors (Lipinski definition) is 5. The molecular formula is C31H38N2O6. The van der Waals surface area contributed by atoms with Gasteiger partial charge in [0, 0.05) is 44.4 Å². The lowest BCUT2D eigenvalue weighted by molar-refractivity contribution is -0.137. The van der Waals surface area contributed by atoms with E-state index in [0.717, 1.165) is 35.1 Å². The largest absolute Gasteiger partial charge is 0.481 e. The molecule has 1 aliphatic heterocycles. The van der Waals surface area contributed by atoms with Crippen LogP contribution >= 0.6 is 0 Å². The number of likely N-dealkylation sites (tertiary alicyclic amines) is 1. The Morgan fingerprint density at radius 2 is 1.64 bits per heavy atom. The fraction of sp³-hybridized carbons (Fsp3) is 0.516. The molecule has 8 nitrogen and oxygen atoms in total. The molecule has 5 rings (SSSR count). The van der Waals surface area contributed by atoms with Crippen molar-refractivity contribution in [1.82, 2.24) is 9.80 Å². The molecule has 0 aromatic heterocycles. The Morgan fingerprint density at radius 3 is 2.21 bits per heavy atom. The average Bonchev–Trinajstić information content (AvgIpc) is 3.47. The number of aliphatic carboxylic acids is 1. The van der Waals surface area contributed by atoms with Gasteiger partial charge in [-0.3, -0.25) is 4.79 Å². The summed E-state index contributed by atoms with van der Waals surface area (Å²) in [6, 6.07) is 16.4. The number of amides is 2. The van der Waals surface area contributed by atoms with E-state index in [1.54, 1.807) is 9.80 Å². The molecule has 1 N–H and O–H groups in total. The summed E-state index contributed by atoms with van der Waals surface area (Å²) in [4.78, 5) is 40.8. The van der Waals surface area contributed by atoms with Crippen molar-refractivity contribution in [2.45, 2.75) is 58.0 Å². The predicted octanol–water partition coefficient (Wildman–Crippen LogP) is 5.75. The Hall–Kier alpha value is -3.55. The molecule has 0 bridgehead atoms. The summed E-state index contributed by atoms with van der Waals surface area (Å²) < 4.78 is 11.5. The van der Waals surface area contributed by atoms with Crippen molar-refractivity contribution in [3.05, 3.63) is 59.7 Å². The summed E-state index contributed by atoms with van der Waals surface area (Å²) in [6.45, 7) is 7.63. The van der Waals surface area contributed by atoms with Crippen molar-refractivity contribution in [2.75, 3.05) is 32.8 Å². The third-order valence-corrected chi connectivity index (χ3v) is 8.21. The second-order valence-electron chi connectivity index (χ2n) is 12.2. The van der Waals surface area contributed by atoms with Crippen molar-refractivity contribution < 1.29 is 29.0 Å². The number of carbonyl (C=O) groups excluding carboxylic acids is 2. The second-order valence-corrected chi connectivity index (χ2v) is 12.2. The van der Waals surface area contributed by atoms with Crippen molar-refractivity contribution >= 4 is 18.2 Å². The van der Waals surface area contributed by atoms with Gasteiger partial charge in [0.2, 0.25) is 0 Å². The van der Waals surface area contributed by atoms with Crippen LogP contribution < -0.4 is 0 Å². The van der Waals surface area contributed by atoms with Crippen molar-refractivity contribution in [3.63, 3.8) is 0 Å². The molecule has 2 amide bonds. The lowest BCUT2D eigenvalue weighted by Gasteiger charge is -2.28. The number of fused-ring (bicyclic) bond motifs is 3. The van der Waals surface area contributed by atoms with E-state index in [4.69, 9.17) is 9.47 Å². The van der Waals surface area contributed by atoms with Crippen molar-refractivity contribution in [3.8, 4) is 11.1 Å². The van der Waals surface area contributed by atoms with E-state index in [1.165, 1.54) is 0 Å². The number of carboxylic acid groups (broad SMARTS) is 1. The Labute approximate surface area is 229 Å². The SMILES string of the molecule is CC(C)(C)OC(=O)N1CC(CN(CCCC(=O)O)C(=O)OCC2c3ccccc3-c3ccccc32)C2(CC2)C1. The molecule has 2 aliphatic carbocycles. The maximum Gasteiger partial charge on any atom is 0.410 e. The molecule has 2 aromatic rings. The van der Waals surface area contributed by atoms with Gasteiger partial charge in [-0.25, -0.2) is 9.59 Å². The fourth-order valence-corrected chi connectivity index (χ4v) is 6.11. The summed E-state index contributed by atoms with van der Waals surface area (Å²) in [5.41, 5.74) is 4.03. The van der Waals surface area contributed by atoms with E-state index in [-0.39, 0.29) is 36.4 Å². The molecule has 1 saturated carbocycles. The quantitative estimate of drug-likeness (QED) is 0.463. The number of rotatable bonds is 8. The van der Waals surface area contributed by atoms with E-state index in [2.05, 4.69) is 24.3 Å². The first-order chi connectivity index (χ1) is 18.6. The molecule has 3 aliphatic rings. The highest BCUT2D eigenvalue weighted by atomic mass is 16.6. The van der Waals surface area contributed by atoms with E-state index in [0.29, 0.717) is 32.6 Å². The van der Waals surface area contributed by atoms with Gasteiger partial charge in [-0.1, -0.05) is 48.5 Å². The monoisotopic (exact) mass is 534 g/mol. The zero-order chi connectivity index (χ0) is 27.8. The van der Waals surface area contributed by atoms with E-state index < -0.39 is 17.7 Å². The lowest BCUT2D eigenvalue weighted by atomic mass is 9.92. The molecule has 1 unspecified atom stereocenters. The fourth-order valence-electron chi connectivity index (χ4n) is 6.11. The van der Waals surface area contributed by atoms with Crippen LogP contribution in [0.25, 0.3) is 11.1 Å². The number of carboxylic acids is 1. The summed E-state index contributed by atoms with van der Waals surface area (Å²) >= 11 is 0. The highest BCUT2D eigenvalue weighted by Gasteiger charge is 2.56. The second kappa shape index (κ2) is 10.5. The third-order valence-electron chi connectivity index (χ3n) is 8.21. The average molecular weight is 535 g/mol. The molecule has 2 fully saturated rings. The Morgan fingerprint density at radius 1 is 1.03 bits per heavy atom. The minimum absolute atomic E-state index is 0.00837. The van der Waals surface area contributed by atoms with Gasteiger partial charge in [0.25, 0.3) is 0 Å². The van der Waals surface area contributed by atoms with Gasteiger partial charge in [0.15, 0.2) is 0 Å². The van der Waals surface area contributed by atoms with Crippen LogP contribution in [0.2, 0.25) is 0 Å². The number of ether oxygens (including phenoxy) is 2. The van der Waals surface area contributed by atoms with Gasteiger partial charge in [-0.15, -0.1) is 0 Å². The van der Waals surface area contributed by atoms with Crippen molar-refractivity contribution in [2.24, 2.45) is 11.3 Å². The molecule has 39 heavy (non-hydrogen) atoms. The van der Waals surface area contributed by atoms with Crippen LogP contribution in [0.1, 0.15) is 63.5 Å². The topological polar surface area (TPSA) is 96.4 Å². The molecule has 8 heteroatoms. The number of carbonyl (C=O) groups is 3. The zero-order valence-electron chi connectivity index (χ0n) is 23.0. The minimum Gasteiger partial charge on any atom is -0.481 e. The van der Waals surface area contributed by atoms with Gasteiger partial charge in [0.05, 0.1) is 0 Å². The van der Waals surface area contributed by atoms with Crippen LogP contribution in [0.5, 0.6) is 0 Å². The maximum atomic E-state index is 13.5. The van der Waals surface area contributed by atoms with Crippen LogP contribution in [-0.4, -0.2) is 71.4 Å². The van der Waals surface area contributed by atoms with Gasteiger partial charge in [-0.05, 0) is 67.7 Å². The Bertz CT molecular complexity index is 1200. The highest BCUT2D eigenvalue weighted by Crippen LogP contribution is 2.56. The summed E-state index contributed by atoms with van der Waals surface area (Å²) in [5, 5.41) is 9.17. The Kier molecular flexibility index (Phi) is 7.31. The van der Waals surface area contributed by atoms with Gasteiger partial charge >= 0.3 is 18.2 Å². The third kappa shape index (κ3) is 5.89. The lowest BCUT2D eigenvalue weighted by Crippen LogP contribution is -2.40. The first kappa shape index (κ1) is 27.0. The van der Waals surface area contributed by atoms with Gasteiger partial charge in [0.1, 0.15) is 12.2 Å². The summed E-state index contributed by atoms with van der Waals surface area (Å²) in [7, 11) is 0. The van der Waals surface area contributed by atoms with Crippen LogP contribution in [0.4, 0.5) is 9.59 Å². The van der Waals surface area contributed by atoms with Crippen LogP contribution in [0.3, 0.4) is 0 Å². The first-order valence-corrected chi connectivity index (χ1v) is 13.9. The molecule has 208 valence electrons. The van der Waals surface area contributed by atoms with Crippen LogP contribution in [0.15, 0.2) is 48.5 Å². The zero-order valence-corrected chi connectivity index (χ0v) is 23.0. The van der Waals surface area contributed by atoms with Gasteiger partial charge < -0.3 is 24.4 Å². The molecule has 1 atom stereocenters. The number of benzene rings is 2. The first-order valence-electron chi connectivity index (χ1n) is 13.9. The smallest absolute Gasteiger partial charge is 0.410 e. The minimum atomic E-state index is -0.891. The molecular weight excluding hydrogens is 496 g/mol. The van der Waals surface area contributed by atoms with Gasteiger partial charge in [-0.2, -0.15) is 0 Å². The predicted molar refractivity (Wildman–Crippen MR) is 146 cm³/mol. The summed E-state index contributed by atoms with van der Waals surface area (Å²) in [6.07, 6.45) is 1.57. The maximum absolute atomic E-state index is 13.5. The number of hydrogen-bond donors (Lipinski definition) is 1. The molecule has 1 spiro atoms. The van der Waals surface area contributed by atoms with Crippen molar-refractivity contribution in [1.29, 1.82) is 0 Å². The molecule has 1 heterocycles. The highest BCUT2D eigenvalue weighted by molar-refractivity contribution is 5.79. The van der Waals surface area contributed by atoms with E-state index in [1.807, 2.05) is 45.0 Å². The molecule has 0 radical (unpaired) electrons. The van der Waals surface area contributed by atoms with Crippen LogP contribution in [-0.2, 0) is 14.3 Å².